The van der Waals surface area contributed by atoms with E-state index in [4.69, 9.17) is 0 Å². The largest absolute Gasteiger partial charge is 0.508 e. The van der Waals surface area contributed by atoms with Gasteiger partial charge in [0.05, 0.1) is 0 Å². The second-order valence-electron chi connectivity index (χ2n) is 6.05. The molecule has 1 aliphatic rings. The molecule has 1 aliphatic heterocycles. The van der Waals surface area contributed by atoms with Crippen molar-refractivity contribution in [1.82, 2.24) is 10.6 Å². The van der Waals surface area contributed by atoms with Gasteiger partial charge in [0.1, 0.15) is 11.5 Å². The highest BCUT2D eigenvalue weighted by Crippen LogP contribution is 2.29. The van der Waals surface area contributed by atoms with Crippen LogP contribution in [0, 0.1) is 5.41 Å². The van der Waals surface area contributed by atoms with E-state index in [1.54, 1.807) is 0 Å². The lowest BCUT2D eigenvalue weighted by molar-refractivity contribution is 0.0928. The molecule has 0 saturated carbocycles. The van der Waals surface area contributed by atoms with Crippen molar-refractivity contribution < 1.29 is 15.0 Å². The van der Waals surface area contributed by atoms with Crippen molar-refractivity contribution in [2.75, 3.05) is 13.1 Å². The summed E-state index contributed by atoms with van der Waals surface area (Å²) in [4.78, 5) is 12.0. The van der Waals surface area contributed by atoms with Gasteiger partial charge in [-0.3, -0.25) is 4.79 Å². The second-order valence-corrected chi connectivity index (χ2v) is 6.05. The van der Waals surface area contributed by atoms with Gasteiger partial charge in [-0.25, -0.2) is 0 Å². The molecule has 1 atom stereocenters. The van der Waals surface area contributed by atoms with Crippen LogP contribution in [0.5, 0.6) is 11.5 Å². The van der Waals surface area contributed by atoms with Crippen LogP contribution in [0.25, 0.3) is 0 Å². The Morgan fingerprint density at radius 3 is 2.60 bits per heavy atom. The third kappa shape index (κ3) is 3.42. The van der Waals surface area contributed by atoms with Gasteiger partial charge < -0.3 is 20.8 Å². The molecule has 0 spiro atoms. The number of carbonyl (C=O) groups is 1. The summed E-state index contributed by atoms with van der Waals surface area (Å²) in [6.07, 6.45) is 2.28. The van der Waals surface area contributed by atoms with Gasteiger partial charge in [0.2, 0.25) is 0 Å². The normalized spacial score (nSPS) is 21.4. The molecule has 1 fully saturated rings. The number of piperidine rings is 1. The third-order valence-corrected chi connectivity index (χ3v) is 3.96. The number of nitrogens with one attached hydrogen (secondary N) is 2. The highest BCUT2D eigenvalue weighted by Gasteiger charge is 2.31. The van der Waals surface area contributed by atoms with Crippen LogP contribution in [0.2, 0.25) is 0 Å². The highest BCUT2D eigenvalue weighted by molar-refractivity contribution is 5.95. The smallest absolute Gasteiger partial charge is 0.251 e. The topological polar surface area (TPSA) is 81.6 Å². The quantitative estimate of drug-likeness (QED) is 0.677. The summed E-state index contributed by atoms with van der Waals surface area (Å²) < 4.78 is 0. The Kier molecular flexibility index (Phi) is 4.18. The molecular formula is C15H22N2O3. The highest BCUT2D eigenvalue weighted by atomic mass is 16.3. The number of rotatable bonds is 3. The van der Waals surface area contributed by atoms with Crippen LogP contribution >= 0.6 is 0 Å². The Morgan fingerprint density at radius 2 is 2.00 bits per heavy atom. The van der Waals surface area contributed by atoms with Gasteiger partial charge in [0, 0.05) is 24.2 Å². The lowest BCUT2D eigenvalue weighted by atomic mass is 9.77. The molecule has 5 nitrogen and oxygen atoms in total. The number of phenols is 2. The van der Waals surface area contributed by atoms with Crippen LogP contribution < -0.4 is 10.6 Å². The molecule has 1 unspecified atom stereocenters. The van der Waals surface area contributed by atoms with Gasteiger partial charge in [-0.05, 0) is 36.9 Å². The number of hydrogen-bond acceptors (Lipinski definition) is 4. The van der Waals surface area contributed by atoms with Gasteiger partial charge >= 0.3 is 0 Å². The van der Waals surface area contributed by atoms with Gasteiger partial charge in [-0.1, -0.05) is 13.8 Å². The van der Waals surface area contributed by atoms with Crippen molar-refractivity contribution in [3.63, 3.8) is 0 Å². The summed E-state index contributed by atoms with van der Waals surface area (Å²) in [7, 11) is 0. The first-order valence-electron chi connectivity index (χ1n) is 6.93. The van der Waals surface area contributed by atoms with Crippen LogP contribution in [0.4, 0.5) is 0 Å². The Balaban J connectivity index is 1.98. The average Bonchev–Trinajstić information content (AvgIpc) is 2.35. The fourth-order valence-corrected chi connectivity index (χ4v) is 2.64. The lowest BCUT2D eigenvalue weighted by Gasteiger charge is -2.39. The number of amides is 1. The molecule has 0 radical (unpaired) electrons. The van der Waals surface area contributed by atoms with Crippen LogP contribution in [0.15, 0.2) is 18.2 Å². The van der Waals surface area contributed by atoms with Crippen molar-refractivity contribution in [1.29, 1.82) is 0 Å². The first kappa shape index (κ1) is 14.7. The van der Waals surface area contributed by atoms with E-state index in [0.29, 0.717) is 6.54 Å². The van der Waals surface area contributed by atoms with Gasteiger partial charge in [0.25, 0.3) is 5.91 Å². The van der Waals surface area contributed by atoms with Crippen LogP contribution in [0.3, 0.4) is 0 Å². The average molecular weight is 278 g/mol. The molecule has 0 aliphatic carbocycles. The molecule has 1 saturated heterocycles. The van der Waals surface area contributed by atoms with Crippen molar-refractivity contribution in [3.8, 4) is 11.5 Å². The monoisotopic (exact) mass is 278 g/mol. The molecule has 0 bridgehead atoms. The van der Waals surface area contributed by atoms with E-state index in [-0.39, 0.29) is 34.4 Å². The van der Waals surface area contributed by atoms with E-state index in [1.165, 1.54) is 18.2 Å². The summed E-state index contributed by atoms with van der Waals surface area (Å²) in [5, 5.41) is 25.1. The predicted molar refractivity (Wildman–Crippen MR) is 76.9 cm³/mol. The van der Waals surface area contributed by atoms with Crippen LogP contribution in [0.1, 0.15) is 37.0 Å². The molecule has 4 N–H and O–H groups in total. The Labute approximate surface area is 119 Å². The summed E-state index contributed by atoms with van der Waals surface area (Å²) in [5.41, 5.74) is 0.406. The molecule has 110 valence electrons. The zero-order chi connectivity index (χ0) is 14.8. The maximum Gasteiger partial charge on any atom is 0.251 e. The Hall–Kier alpha value is -1.75. The van der Waals surface area contributed by atoms with E-state index in [9.17, 15) is 15.0 Å². The summed E-state index contributed by atoms with van der Waals surface area (Å²) in [5.74, 6) is -0.531. The summed E-state index contributed by atoms with van der Waals surface area (Å²) >= 11 is 0. The van der Waals surface area contributed by atoms with E-state index >= 15 is 0 Å². The van der Waals surface area contributed by atoms with E-state index in [1.807, 2.05) is 0 Å². The van der Waals surface area contributed by atoms with Gasteiger partial charge in [-0.2, -0.15) is 0 Å². The molecule has 1 amide bonds. The SMILES string of the molecule is CC1(C)CCCNC1CNC(=O)c1cc(O)cc(O)c1. The van der Waals surface area contributed by atoms with Crippen LogP contribution in [-0.2, 0) is 0 Å². The summed E-state index contributed by atoms with van der Waals surface area (Å²) in [6.45, 7) is 5.88. The Bertz CT molecular complexity index is 480. The van der Waals surface area contributed by atoms with E-state index in [0.717, 1.165) is 19.4 Å². The first-order chi connectivity index (χ1) is 9.38. The minimum Gasteiger partial charge on any atom is -0.508 e. The molecule has 1 heterocycles. The maximum absolute atomic E-state index is 12.0. The number of carbonyl (C=O) groups excluding carboxylic acids is 1. The molecule has 2 rings (SSSR count). The van der Waals surface area contributed by atoms with Gasteiger partial charge in [-0.15, -0.1) is 0 Å². The number of phenolic OH excluding ortho intramolecular Hbond substituents is 2. The van der Waals surface area contributed by atoms with Crippen molar-refractivity contribution >= 4 is 5.91 Å². The number of aromatic hydroxyl groups is 2. The zero-order valence-corrected chi connectivity index (χ0v) is 11.9. The second kappa shape index (κ2) is 5.71. The third-order valence-electron chi connectivity index (χ3n) is 3.96. The fourth-order valence-electron chi connectivity index (χ4n) is 2.64. The van der Waals surface area contributed by atoms with E-state index < -0.39 is 0 Å². The van der Waals surface area contributed by atoms with E-state index in [2.05, 4.69) is 24.5 Å². The minimum absolute atomic E-state index is 0.119. The zero-order valence-electron chi connectivity index (χ0n) is 11.9. The van der Waals surface area contributed by atoms with Crippen molar-refractivity contribution in [3.05, 3.63) is 23.8 Å². The molecule has 1 aromatic rings. The number of benzene rings is 1. The van der Waals surface area contributed by atoms with Gasteiger partial charge in [0.15, 0.2) is 0 Å². The van der Waals surface area contributed by atoms with Crippen LogP contribution in [-0.4, -0.2) is 35.3 Å². The predicted octanol–water partition coefficient (Wildman–Crippen LogP) is 1.61. The lowest BCUT2D eigenvalue weighted by Crippen LogP contribution is -2.52. The molecular weight excluding hydrogens is 256 g/mol. The molecule has 0 aromatic heterocycles. The molecule has 1 aromatic carbocycles. The van der Waals surface area contributed by atoms with Crippen molar-refractivity contribution in [2.24, 2.45) is 5.41 Å². The standard InChI is InChI=1S/C15H22N2O3/c1-15(2)4-3-5-16-13(15)9-17-14(20)10-6-11(18)8-12(19)7-10/h6-8,13,16,18-19H,3-5,9H2,1-2H3,(H,17,20). The molecule has 5 heteroatoms. The van der Waals surface area contributed by atoms with Crippen molar-refractivity contribution in [2.45, 2.75) is 32.7 Å². The number of hydrogen-bond donors (Lipinski definition) is 4. The molecule has 20 heavy (non-hydrogen) atoms. The summed E-state index contributed by atoms with van der Waals surface area (Å²) in [6, 6.07) is 4.11. The minimum atomic E-state index is -0.292. The fraction of sp³-hybridized carbons (Fsp3) is 0.533. The first-order valence-corrected chi connectivity index (χ1v) is 6.93. The Morgan fingerprint density at radius 1 is 1.35 bits per heavy atom. The maximum atomic E-state index is 12.0.